The second-order valence-corrected chi connectivity index (χ2v) is 5.47. The molecular formula is C13H12ClN3O2S. The summed E-state index contributed by atoms with van der Waals surface area (Å²) < 4.78 is 11.1. The van der Waals surface area contributed by atoms with Crippen LogP contribution in [0.5, 0.6) is 11.5 Å². The number of nitrogens with zero attached hydrogens (tertiary/aromatic N) is 2. The molecule has 1 N–H and O–H groups in total. The van der Waals surface area contributed by atoms with Crippen LogP contribution in [0.15, 0.2) is 34.3 Å². The molecule has 0 saturated carbocycles. The molecule has 2 aromatic rings. The first kappa shape index (κ1) is 13.3. The highest BCUT2D eigenvalue weighted by Crippen LogP contribution is 2.38. The van der Waals surface area contributed by atoms with Gasteiger partial charge in [0, 0.05) is 11.9 Å². The van der Waals surface area contributed by atoms with Gasteiger partial charge in [-0.25, -0.2) is 9.97 Å². The van der Waals surface area contributed by atoms with Crippen molar-refractivity contribution in [2.45, 2.75) is 9.92 Å². The normalized spacial score (nSPS) is 13.1. The van der Waals surface area contributed by atoms with Crippen molar-refractivity contribution >= 4 is 29.3 Å². The van der Waals surface area contributed by atoms with E-state index < -0.39 is 0 Å². The lowest BCUT2D eigenvalue weighted by atomic mass is 10.3. The van der Waals surface area contributed by atoms with Gasteiger partial charge in [0.25, 0.3) is 0 Å². The number of nitrogens with one attached hydrogen (secondary N) is 1. The minimum atomic E-state index is 0.517. The highest BCUT2D eigenvalue weighted by molar-refractivity contribution is 7.99. The fraction of sp³-hybridized carbons (Fsp3) is 0.231. The zero-order chi connectivity index (χ0) is 13.9. The van der Waals surface area contributed by atoms with Crippen LogP contribution in [0.1, 0.15) is 0 Å². The zero-order valence-electron chi connectivity index (χ0n) is 10.7. The Kier molecular flexibility index (Phi) is 3.84. The Morgan fingerprint density at radius 3 is 2.85 bits per heavy atom. The van der Waals surface area contributed by atoms with Gasteiger partial charge in [0.05, 0.1) is 11.2 Å². The van der Waals surface area contributed by atoms with Crippen LogP contribution in [0.3, 0.4) is 0 Å². The molecule has 0 fully saturated rings. The van der Waals surface area contributed by atoms with E-state index in [4.69, 9.17) is 21.1 Å². The van der Waals surface area contributed by atoms with Gasteiger partial charge < -0.3 is 14.8 Å². The van der Waals surface area contributed by atoms with Gasteiger partial charge in [-0.15, -0.1) is 0 Å². The first-order valence-electron chi connectivity index (χ1n) is 6.04. The predicted molar refractivity (Wildman–Crippen MR) is 78.1 cm³/mol. The fourth-order valence-electron chi connectivity index (χ4n) is 1.74. The molecule has 1 aliphatic rings. The molecule has 0 bridgehead atoms. The van der Waals surface area contributed by atoms with Crippen LogP contribution in [0.25, 0.3) is 0 Å². The molecule has 0 unspecified atom stereocenters. The first-order valence-corrected chi connectivity index (χ1v) is 7.23. The Hall–Kier alpha value is -1.66. The van der Waals surface area contributed by atoms with Crippen molar-refractivity contribution in [3.63, 3.8) is 0 Å². The molecule has 20 heavy (non-hydrogen) atoms. The molecule has 7 heteroatoms. The number of ether oxygens (including phenoxy) is 2. The maximum Gasteiger partial charge on any atom is 0.223 e. The van der Waals surface area contributed by atoms with Gasteiger partial charge in [-0.1, -0.05) is 23.4 Å². The molecule has 0 atom stereocenters. The van der Waals surface area contributed by atoms with Crippen molar-refractivity contribution < 1.29 is 9.47 Å². The van der Waals surface area contributed by atoms with Gasteiger partial charge in [0.15, 0.2) is 11.5 Å². The maximum atomic E-state index is 6.12. The minimum Gasteiger partial charge on any atom is -0.486 e. The summed E-state index contributed by atoms with van der Waals surface area (Å²) in [6.07, 6.45) is 1.58. The summed E-state index contributed by atoms with van der Waals surface area (Å²) in [5, 5.41) is 4.11. The molecule has 0 aliphatic carbocycles. The third-order valence-electron chi connectivity index (χ3n) is 2.66. The van der Waals surface area contributed by atoms with E-state index in [1.807, 2.05) is 18.2 Å². The Morgan fingerprint density at radius 1 is 1.25 bits per heavy atom. The predicted octanol–water partition coefficient (Wildman–Crippen LogP) is 3.09. The largest absolute Gasteiger partial charge is 0.486 e. The number of anilines is 1. The SMILES string of the molecule is CNc1ncc(Cl)c(Sc2ccc3c(c2)OCCO3)n1. The topological polar surface area (TPSA) is 56.3 Å². The Balaban J connectivity index is 1.87. The average molecular weight is 310 g/mol. The zero-order valence-corrected chi connectivity index (χ0v) is 12.3. The lowest BCUT2D eigenvalue weighted by Gasteiger charge is -2.18. The third-order valence-corrected chi connectivity index (χ3v) is 4.05. The Bertz CT molecular complexity index is 639. The molecule has 2 heterocycles. The number of hydrogen-bond acceptors (Lipinski definition) is 6. The van der Waals surface area contributed by atoms with Crippen molar-refractivity contribution in [2.24, 2.45) is 0 Å². The van der Waals surface area contributed by atoms with Gasteiger partial charge in [-0.3, -0.25) is 0 Å². The van der Waals surface area contributed by atoms with Crippen LogP contribution in [0.2, 0.25) is 5.02 Å². The summed E-state index contributed by atoms with van der Waals surface area (Å²) in [4.78, 5) is 9.38. The lowest BCUT2D eigenvalue weighted by molar-refractivity contribution is 0.171. The van der Waals surface area contributed by atoms with Gasteiger partial charge in [0.2, 0.25) is 5.95 Å². The number of halogens is 1. The summed E-state index contributed by atoms with van der Waals surface area (Å²) in [7, 11) is 1.77. The molecule has 5 nitrogen and oxygen atoms in total. The highest BCUT2D eigenvalue weighted by atomic mass is 35.5. The molecule has 3 rings (SSSR count). The quantitative estimate of drug-likeness (QED) is 0.879. The molecule has 0 radical (unpaired) electrons. The summed E-state index contributed by atoms with van der Waals surface area (Å²) in [5.74, 6) is 2.06. The number of rotatable bonds is 3. The van der Waals surface area contributed by atoms with Crippen molar-refractivity contribution in [3.8, 4) is 11.5 Å². The monoisotopic (exact) mass is 309 g/mol. The van der Waals surface area contributed by atoms with Crippen LogP contribution in [-0.4, -0.2) is 30.2 Å². The fourth-order valence-corrected chi connectivity index (χ4v) is 2.76. The second kappa shape index (κ2) is 5.76. The van der Waals surface area contributed by atoms with E-state index in [-0.39, 0.29) is 0 Å². The van der Waals surface area contributed by atoms with Gasteiger partial charge in [0.1, 0.15) is 18.2 Å². The van der Waals surface area contributed by atoms with Crippen molar-refractivity contribution in [1.82, 2.24) is 9.97 Å². The van der Waals surface area contributed by atoms with Gasteiger partial charge in [-0.2, -0.15) is 0 Å². The lowest BCUT2D eigenvalue weighted by Crippen LogP contribution is -2.15. The first-order chi connectivity index (χ1) is 9.76. The summed E-state index contributed by atoms with van der Waals surface area (Å²) >= 11 is 7.57. The van der Waals surface area contributed by atoms with E-state index in [0.29, 0.717) is 29.2 Å². The van der Waals surface area contributed by atoms with E-state index in [1.165, 1.54) is 11.8 Å². The highest BCUT2D eigenvalue weighted by Gasteiger charge is 2.13. The number of hydrogen-bond donors (Lipinski definition) is 1. The molecule has 0 spiro atoms. The molecule has 1 aromatic carbocycles. The van der Waals surface area contributed by atoms with Crippen LogP contribution < -0.4 is 14.8 Å². The van der Waals surface area contributed by atoms with Crippen LogP contribution in [0.4, 0.5) is 5.95 Å². The summed E-state index contributed by atoms with van der Waals surface area (Å²) in [5.41, 5.74) is 0. The van der Waals surface area contributed by atoms with E-state index in [0.717, 1.165) is 16.4 Å². The van der Waals surface area contributed by atoms with Crippen molar-refractivity contribution in [1.29, 1.82) is 0 Å². The van der Waals surface area contributed by atoms with Crippen molar-refractivity contribution in [3.05, 3.63) is 29.4 Å². The van der Waals surface area contributed by atoms with E-state index in [9.17, 15) is 0 Å². The number of fused-ring (bicyclic) bond motifs is 1. The van der Waals surface area contributed by atoms with E-state index >= 15 is 0 Å². The molecule has 104 valence electrons. The minimum absolute atomic E-state index is 0.517. The van der Waals surface area contributed by atoms with Crippen LogP contribution >= 0.6 is 23.4 Å². The number of aromatic nitrogens is 2. The maximum absolute atomic E-state index is 6.12. The molecule has 1 aliphatic heterocycles. The molecular weight excluding hydrogens is 298 g/mol. The Labute approximate surface area is 125 Å². The number of benzene rings is 1. The van der Waals surface area contributed by atoms with Crippen molar-refractivity contribution in [2.75, 3.05) is 25.6 Å². The van der Waals surface area contributed by atoms with E-state index in [1.54, 1.807) is 13.2 Å². The third kappa shape index (κ3) is 2.76. The smallest absolute Gasteiger partial charge is 0.223 e. The standard InChI is InChI=1S/C13H12ClN3O2S/c1-15-13-16-7-9(14)12(17-13)20-8-2-3-10-11(6-8)19-5-4-18-10/h2-3,6-7H,4-5H2,1H3,(H,15,16,17). The van der Waals surface area contributed by atoms with Crippen LogP contribution in [0, 0.1) is 0 Å². The van der Waals surface area contributed by atoms with Gasteiger partial charge in [-0.05, 0) is 18.2 Å². The summed E-state index contributed by atoms with van der Waals surface area (Å²) in [6.45, 7) is 1.15. The molecule has 0 amide bonds. The van der Waals surface area contributed by atoms with Gasteiger partial charge >= 0.3 is 0 Å². The van der Waals surface area contributed by atoms with Crippen LogP contribution in [-0.2, 0) is 0 Å². The second-order valence-electron chi connectivity index (χ2n) is 4.00. The van der Waals surface area contributed by atoms with E-state index in [2.05, 4.69) is 15.3 Å². The molecule has 0 saturated heterocycles. The molecule has 1 aromatic heterocycles. The summed E-state index contributed by atoms with van der Waals surface area (Å²) in [6, 6.07) is 5.78. The Morgan fingerprint density at radius 2 is 2.05 bits per heavy atom. The average Bonchev–Trinajstić information content (AvgIpc) is 2.49.